The second-order valence-electron chi connectivity index (χ2n) is 3.88. The Morgan fingerprint density at radius 1 is 1.58 bits per heavy atom. The van der Waals surface area contributed by atoms with E-state index in [1.807, 2.05) is 0 Å². The van der Waals surface area contributed by atoms with Crippen LogP contribution in [0.15, 0.2) is 11.0 Å². The normalized spacial score (nSPS) is 9.89. The van der Waals surface area contributed by atoms with Crippen molar-refractivity contribution >= 4 is 23.2 Å². The zero-order valence-electron chi connectivity index (χ0n) is 10.4. The maximum Gasteiger partial charge on any atom is 0.292 e. The highest BCUT2D eigenvalue weighted by Crippen LogP contribution is 2.15. The molecule has 0 aliphatic carbocycles. The van der Waals surface area contributed by atoms with Gasteiger partial charge in [0.2, 0.25) is 5.91 Å². The highest BCUT2D eigenvalue weighted by molar-refractivity contribution is 6.32. The summed E-state index contributed by atoms with van der Waals surface area (Å²) in [5.74, 6) is 2.00. The molecule has 0 unspecified atom stereocenters. The van der Waals surface area contributed by atoms with Gasteiger partial charge in [0, 0.05) is 13.0 Å². The molecule has 0 saturated carbocycles. The van der Waals surface area contributed by atoms with E-state index in [1.165, 1.54) is 6.20 Å². The molecule has 0 aliphatic rings. The van der Waals surface area contributed by atoms with E-state index in [-0.39, 0.29) is 28.7 Å². The van der Waals surface area contributed by atoms with Crippen LogP contribution < -0.4 is 16.6 Å². The maximum atomic E-state index is 11.9. The second kappa shape index (κ2) is 7.44. The molecule has 1 rings (SSSR count). The summed E-state index contributed by atoms with van der Waals surface area (Å²) in [6.45, 7) is 0.606. The number of primary amides is 1. The molecule has 1 aromatic heterocycles. The molecule has 3 N–H and O–H groups in total. The van der Waals surface area contributed by atoms with E-state index < -0.39 is 0 Å². The van der Waals surface area contributed by atoms with Crippen LogP contribution in [0.4, 0.5) is 5.69 Å². The molecule has 1 amide bonds. The molecule has 0 radical (unpaired) electrons. The molecule has 1 aromatic rings. The predicted octanol–water partition coefficient (Wildman–Crippen LogP) is 0.597. The van der Waals surface area contributed by atoms with E-state index in [4.69, 9.17) is 23.8 Å². The summed E-state index contributed by atoms with van der Waals surface area (Å²) in [5.41, 5.74) is 4.94. The third-order valence-corrected chi connectivity index (χ3v) is 2.68. The van der Waals surface area contributed by atoms with Crippen LogP contribution in [0.25, 0.3) is 0 Å². The Morgan fingerprint density at radius 2 is 2.32 bits per heavy atom. The van der Waals surface area contributed by atoms with Crippen LogP contribution in [0.1, 0.15) is 19.3 Å². The van der Waals surface area contributed by atoms with Gasteiger partial charge in [-0.15, -0.1) is 6.42 Å². The topological polar surface area (TPSA) is 90.0 Å². The van der Waals surface area contributed by atoms with E-state index in [1.54, 1.807) is 0 Å². The highest BCUT2D eigenvalue weighted by atomic mass is 35.5. The lowest BCUT2D eigenvalue weighted by molar-refractivity contribution is -0.118. The largest absolute Gasteiger partial charge is 0.379 e. The quantitative estimate of drug-likeness (QED) is 0.566. The van der Waals surface area contributed by atoms with Gasteiger partial charge in [-0.05, 0) is 12.8 Å². The van der Waals surface area contributed by atoms with Gasteiger partial charge >= 0.3 is 0 Å². The lowest BCUT2D eigenvalue weighted by Gasteiger charge is -2.08. The SMILES string of the molecule is C#CCn1ncc(Cl)c(NCCCCC(N)=O)c1=O. The molecule has 0 saturated heterocycles. The number of carbonyl (C=O) groups excluding carboxylic acids is 1. The van der Waals surface area contributed by atoms with Crippen molar-refractivity contribution in [1.29, 1.82) is 0 Å². The minimum atomic E-state index is -0.361. The Kier molecular flexibility index (Phi) is 5.90. The Hall–Kier alpha value is -2.00. The number of hydrogen-bond donors (Lipinski definition) is 2. The van der Waals surface area contributed by atoms with Gasteiger partial charge in [0.1, 0.15) is 12.2 Å². The van der Waals surface area contributed by atoms with Crippen molar-refractivity contribution in [2.24, 2.45) is 5.73 Å². The lowest BCUT2D eigenvalue weighted by Crippen LogP contribution is -2.26. The first-order chi connectivity index (χ1) is 9.06. The van der Waals surface area contributed by atoms with Crippen LogP contribution in [-0.2, 0) is 11.3 Å². The molecule has 19 heavy (non-hydrogen) atoms. The molecule has 0 spiro atoms. The smallest absolute Gasteiger partial charge is 0.292 e. The van der Waals surface area contributed by atoms with Gasteiger partial charge in [-0.2, -0.15) is 5.10 Å². The number of carbonyl (C=O) groups is 1. The monoisotopic (exact) mass is 282 g/mol. The van der Waals surface area contributed by atoms with Crippen LogP contribution in [0, 0.1) is 12.3 Å². The summed E-state index contributed by atoms with van der Waals surface area (Å²) < 4.78 is 1.15. The second-order valence-corrected chi connectivity index (χ2v) is 4.29. The first-order valence-electron chi connectivity index (χ1n) is 5.77. The van der Waals surface area contributed by atoms with Crippen LogP contribution in [0.3, 0.4) is 0 Å². The fourth-order valence-corrected chi connectivity index (χ4v) is 1.66. The number of rotatable bonds is 7. The van der Waals surface area contributed by atoms with E-state index in [9.17, 15) is 9.59 Å². The van der Waals surface area contributed by atoms with Crippen molar-refractivity contribution in [3.63, 3.8) is 0 Å². The molecule has 6 nitrogen and oxygen atoms in total. The first-order valence-corrected chi connectivity index (χ1v) is 6.15. The van der Waals surface area contributed by atoms with Crippen LogP contribution in [-0.4, -0.2) is 22.2 Å². The van der Waals surface area contributed by atoms with Crippen molar-refractivity contribution in [3.8, 4) is 12.3 Å². The predicted molar refractivity (Wildman–Crippen MR) is 73.9 cm³/mol. The van der Waals surface area contributed by atoms with Gasteiger partial charge in [0.25, 0.3) is 5.56 Å². The number of nitrogens with two attached hydrogens (primary N) is 1. The minimum absolute atomic E-state index is 0.0896. The van der Waals surface area contributed by atoms with Crippen molar-refractivity contribution in [1.82, 2.24) is 9.78 Å². The van der Waals surface area contributed by atoms with E-state index in [0.717, 1.165) is 4.68 Å². The zero-order valence-corrected chi connectivity index (χ0v) is 11.1. The lowest BCUT2D eigenvalue weighted by atomic mass is 10.2. The third kappa shape index (κ3) is 4.64. The summed E-state index contributed by atoms with van der Waals surface area (Å²) in [4.78, 5) is 22.5. The summed E-state index contributed by atoms with van der Waals surface area (Å²) in [7, 11) is 0. The van der Waals surface area contributed by atoms with Crippen LogP contribution in [0.2, 0.25) is 5.02 Å². The molecule has 0 fully saturated rings. The van der Waals surface area contributed by atoms with Gasteiger partial charge in [0.05, 0.1) is 11.2 Å². The molecule has 0 aliphatic heterocycles. The van der Waals surface area contributed by atoms with E-state index in [2.05, 4.69) is 16.3 Å². The first kappa shape index (κ1) is 15.1. The highest BCUT2D eigenvalue weighted by Gasteiger charge is 2.08. The van der Waals surface area contributed by atoms with Crippen molar-refractivity contribution in [3.05, 3.63) is 21.6 Å². The van der Waals surface area contributed by atoms with Gasteiger partial charge < -0.3 is 11.1 Å². The number of anilines is 1. The van der Waals surface area contributed by atoms with E-state index in [0.29, 0.717) is 25.8 Å². The Balaban J connectivity index is 2.63. The fraction of sp³-hybridized carbons (Fsp3) is 0.417. The molecular formula is C12H15ClN4O2. The summed E-state index contributed by atoms with van der Waals surface area (Å²) >= 11 is 5.90. The van der Waals surface area contributed by atoms with Gasteiger partial charge in [0.15, 0.2) is 0 Å². The summed E-state index contributed by atoms with van der Waals surface area (Å²) in [6.07, 6.45) is 8.19. The number of unbranched alkanes of at least 4 members (excludes halogenated alkanes) is 1. The number of nitrogens with one attached hydrogen (secondary N) is 1. The number of amides is 1. The Morgan fingerprint density at radius 3 is 2.95 bits per heavy atom. The van der Waals surface area contributed by atoms with Crippen molar-refractivity contribution in [2.75, 3.05) is 11.9 Å². The number of halogens is 1. The Labute approximate surface area is 115 Å². The van der Waals surface area contributed by atoms with Crippen LogP contribution in [0.5, 0.6) is 0 Å². The molecule has 7 heteroatoms. The van der Waals surface area contributed by atoms with Crippen LogP contribution >= 0.6 is 11.6 Å². The minimum Gasteiger partial charge on any atom is -0.379 e. The number of nitrogens with zero attached hydrogens (tertiary/aromatic N) is 2. The molecule has 0 atom stereocenters. The van der Waals surface area contributed by atoms with Gasteiger partial charge in [-0.3, -0.25) is 9.59 Å². The average molecular weight is 283 g/mol. The molecule has 0 bridgehead atoms. The molecular weight excluding hydrogens is 268 g/mol. The standard InChI is InChI=1S/C12H15ClN4O2/c1-2-7-17-12(19)11(9(13)8-16-17)15-6-4-3-5-10(14)18/h1,8,15H,3-7H2,(H2,14,18). The zero-order chi connectivity index (χ0) is 14.3. The summed E-state index contributed by atoms with van der Waals surface area (Å²) in [6, 6.07) is 0. The third-order valence-electron chi connectivity index (χ3n) is 2.39. The number of terminal acetylenes is 1. The number of aromatic nitrogens is 2. The van der Waals surface area contributed by atoms with E-state index >= 15 is 0 Å². The van der Waals surface area contributed by atoms with Crippen molar-refractivity contribution < 1.29 is 4.79 Å². The molecule has 1 heterocycles. The molecule has 102 valence electrons. The summed E-state index contributed by atoms with van der Waals surface area (Å²) in [5, 5.41) is 7.00. The Bertz CT molecular complexity index is 548. The maximum absolute atomic E-state index is 11.9. The average Bonchev–Trinajstić information content (AvgIpc) is 2.36. The number of hydrogen-bond acceptors (Lipinski definition) is 4. The fourth-order valence-electron chi connectivity index (χ4n) is 1.47. The van der Waals surface area contributed by atoms with Gasteiger partial charge in [-0.1, -0.05) is 17.5 Å². The molecule has 0 aromatic carbocycles. The van der Waals surface area contributed by atoms with Gasteiger partial charge in [-0.25, -0.2) is 4.68 Å². The van der Waals surface area contributed by atoms with Crippen molar-refractivity contribution in [2.45, 2.75) is 25.8 Å².